The Balaban J connectivity index is 2.29. The van der Waals surface area contributed by atoms with Crippen LogP contribution in [0.4, 0.5) is 11.6 Å². The lowest BCUT2D eigenvalue weighted by molar-refractivity contribution is -0.119. The summed E-state index contributed by atoms with van der Waals surface area (Å²) >= 11 is 3.38. The Kier molecular flexibility index (Phi) is 3.75. The van der Waals surface area contributed by atoms with E-state index in [-0.39, 0.29) is 5.91 Å². The Morgan fingerprint density at radius 2 is 2.35 bits per heavy atom. The minimum atomic E-state index is -0.00438. The van der Waals surface area contributed by atoms with Gasteiger partial charge in [0, 0.05) is 13.1 Å². The SMILES string of the molecule is NNc1ncnc(N2CCCNC(=O)C2)c1Br. The molecule has 0 saturated carbocycles. The molecule has 7 nitrogen and oxygen atoms in total. The fraction of sp³-hybridized carbons (Fsp3) is 0.444. The molecule has 0 radical (unpaired) electrons. The van der Waals surface area contributed by atoms with E-state index in [0.717, 1.165) is 13.0 Å². The summed E-state index contributed by atoms with van der Waals surface area (Å²) in [4.78, 5) is 21.5. The fourth-order valence-corrected chi connectivity index (χ4v) is 2.24. The number of rotatable bonds is 2. The number of nitrogen functional groups attached to an aromatic ring is 1. The molecule has 1 aliphatic rings. The van der Waals surface area contributed by atoms with E-state index >= 15 is 0 Å². The molecule has 1 fully saturated rings. The maximum Gasteiger partial charge on any atom is 0.239 e. The smallest absolute Gasteiger partial charge is 0.239 e. The van der Waals surface area contributed by atoms with Crippen molar-refractivity contribution in [2.75, 3.05) is 30.0 Å². The van der Waals surface area contributed by atoms with Crippen molar-refractivity contribution in [3.8, 4) is 0 Å². The zero-order valence-corrected chi connectivity index (χ0v) is 10.7. The molecule has 1 saturated heterocycles. The van der Waals surface area contributed by atoms with E-state index in [4.69, 9.17) is 5.84 Å². The Bertz CT molecular complexity index is 426. The van der Waals surface area contributed by atoms with Crippen LogP contribution in [0.1, 0.15) is 6.42 Å². The molecule has 1 amide bonds. The molecule has 1 aromatic rings. The third kappa shape index (κ3) is 2.64. The van der Waals surface area contributed by atoms with Gasteiger partial charge >= 0.3 is 0 Å². The highest BCUT2D eigenvalue weighted by molar-refractivity contribution is 9.10. The van der Waals surface area contributed by atoms with Gasteiger partial charge in [-0.2, -0.15) is 0 Å². The lowest BCUT2D eigenvalue weighted by Gasteiger charge is -2.21. The second-order valence-electron chi connectivity index (χ2n) is 3.63. The predicted molar refractivity (Wildman–Crippen MR) is 67.4 cm³/mol. The first-order valence-corrected chi connectivity index (χ1v) is 6.00. The van der Waals surface area contributed by atoms with Gasteiger partial charge in [0.25, 0.3) is 0 Å². The quantitative estimate of drug-likeness (QED) is 0.519. The van der Waals surface area contributed by atoms with Crippen molar-refractivity contribution in [2.24, 2.45) is 5.84 Å². The zero-order valence-electron chi connectivity index (χ0n) is 9.11. The first kappa shape index (κ1) is 12.1. The number of amides is 1. The van der Waals surface area contributed by atoms with Crippen molar-refractivity contribution in [2.45, 2.75) is 6.42 Å². The largest absolute Gasteiger partial charge is 0.354 e. The van der Waals surface area contributed by atoms with Crippen LogP contribution in [0.15, 0.2) is 10.8 Å². The second-order valence-corrected chi connectivity index (χ2v) is 4.42. The molecule has 0 bridgehead atoms. The van der Waals surface area contributed by atoms with Crippen molar-refractivity contribution in [1.29, 1.82) is 0 Å². The fourth-order valence-electron chi connectivity index (χ4n) is 1.67. The molecule has 0 aromatic carbocycles. The number of hydrogen-bond donors (Lipinski definition) is 3. The number of nitrogens with zero attached hydrogens (tertiary/aromatic N) is 3. The van der Waals surface area contributed by atoms with Crippen LogP contribution < -0.4 is 21.5 Å². The van der Waals surface area contributed by atoms with Crippen LogP contribution >= 0.6 is 15.9 Å². The number of carbonyl (C=O) groups excluding carboxylic acids is 1. The van der Waals surface area contributed by atoms with Gasteiger partial charge in [-0.15, -0.1) is 0 Å². The molecule has 2 rings (SSSR count). The van der Waals surface area contributed by atoms with Gasteiger partial charge in [-0.3, -0.25) is 4.79 Å². The van der Waals surface area contributed by atoms with Crippen LogP contribution in [0, 0.1) is 0 Å². The van der Waals surface area contributed by atoms with Crippen LogP contribution in [0.2, 0.25) is 0 Å². The van der Waals surface area contributed by atoms with E-state index in [1.54, 1.807) is 0 Å². The van der Waals surface area contributed by atoms with Crippen LogP contribution in [0.25, 0.3) is 0 Å². The number of hydrogen-bond acceptors (Lipinski definition) is 6. The van der Waals surface area contributed by atoms with Gasteiger partial charge in [-0.25, -0.2) is 15.8 Å². The normalized spacial score (nSPS) is 16.4. The Hall–Kier alpha value is -1.41. The van der Waals surface area contributed by atoms with Crippen LogP contribution in [-0.4, -0.2) is 35.5 Å². The highest BCUT2D eigenvalue weighted by Gasteiger charge is 2.19. The van der Waals surface area contributed by atoms with Gasteiger partial charge in [-0.05, 0) is 22.4 Å². The van der Waals surface area contributed by atoms with E-state index in [1.807, 2.05) is 4.90 Å². The lowest BCUT2D eigenvalue weighted by atomic mass is 10.4. The number of nitrogens with one attached hydrogen (secondary N) is 2. The van der Waals surface area contributed by atoms with Crippen LogP contribution in [0.5, 0.6) is 0 Å². The molecule has 0 spiro atoms. The van der Waals surface area contributed by atoms with Gasteiger partial charge in [0.15, 0.2) is 5.82 Å². The summed E-state index contributed by atoms with van der Waals surface area (Å²) < 4.78 is 0.664. The number of anilines is 2. The average Bonchev–Trinajstić information content (AvgIpc) is 2.54. The molecule has 8 heteroatoms. The van der Waals surface area contributed by atoms with Gasteiger partial charge < -0.3 is 15.6 Å². The predicted octanol–water partition coefficient (Wildman–Crippen LogP) is -0.149. The number of halogens is 1. The summed E-state index contributed by atoms with van der Waals surface area (Å²) in [7, 11) is 0. The van der Waals surface area contributed by atoms with Crippen LogP contribution in [-0.2, 0) is 4.79 Å². The lowest BCUT2D eigenvalue weighted by Crippen LogP contribution is -2.33. The third-order valence-electron chi connectivity index (χ3n) is 2.47. The first-order valence-electron chi connectivity index (χ1n) is 5.21. The minimum Gasteiger partial charge on any atom is -0.354 e. The average molecular weight is 301 g/mol. The Morgan fingerprint density at radius 1 is 1.53 bits per heavy atom. The molecule has 4 N–H and O–H groups in total. The Morgan fingerprint density at radius 3 is 3.12 bits per heavy atom. The monoisotopic (exact) mass is 300 g/mol. The summed E-state index contributed by atoms with van der Waals surface area (Å²) in [5, 5.41) is 2.81. The molecule has 17 heavy (non-hydrogen) atoms. The number of hydrazine groups is 1. The molecule has 0 unspecified atom stereocenters. The summed E-state index contributed by atoms with van der Waals surface area (Å²) in [5.74, 6) is 6.51. The van der Waals surface area contributed by atoms with Gasteiger partial charge in [-0.1, -0.05) is 0 Å². The minimum absolute atomic E-state index is 0.00438. The van der Waals surface area contributed by atoms with E-state index in [9.17, 15) is 4.79 Å². The van der Waals surface area contributed by atoms with Crippen molar-refractivity contribution in [3.63, 3.8) is 0 Å². The highest BCUT2D eigenvalue weighted by atomic mass is 79.9. The van der Waals surface area contributed by atoms with Crippen molar-refractivity contribution < 1.29 is 4.79 Å². The number of carbonyl (C=O) groups is 1. The van der Waals surface area contributed by atoms with E-state index in [0.29, 0.717) is 29.2 Å². The molecule has 2 heterocycles. The van der Waals surface area contributed by atoms with E-state index in [1.165, 1.54) is 6.33 Å². The first-order chi connectivity index (χ1) is 8.22. The summed E-state index contributed by atoms with van der Waals surface area (Å²) in [6.45, 7) is 1.75. The summed E-state index contributed by atoms with van der Waals surface area (Å²) in [5.41, 5.74) is 2.48. The van der Waals surface area contributed by atoms with Crippen molar-refractivity contribution >= 4 is 33.5 Å². The molecule has 0 atom stereocenters. The third-order valence-corrected chi connectivity index (χ3v) is 3.20. The topological polar surface area (TPSA) is 96.2 Å². The molecule has 0 aliphatic carbocycles. The highest BCUT2D eigenvalue weighted by Crippen LogP contribution is 2.29. The summed E-state index contributed by atoms with van der Waals surface area (Å²) in [6.07, 6.45) is 2.30. The molecular weight excluding hydrogens is 288 g/mol. The Labute approximate surface area is 107 Å². The zero-order chi connectivity index (χ0) is 12.3. The second kappa shape index (κ2) is 5.28. The number of aromatic nitrogens is 2. The van der Waals surface area contributed by atoms with Gasteiger partial charge in [0.1, 0.15) is 16.6 Å². The molecule has 1 aromatic heterocycles. The molecular formula is C9H13BrN6O. The van der Waals surface area contributed by atoms with Crippen molar-refractivity contribution in [3.05, 3.63) is 10.8 Å². The van der Waals surface area contributed by atoms with E-state index < -0.39 is 0 Å². The van der Waals surface area contributed by atoms with Crippen molar-refractivity contribution in [1.82, 2.24) is 15.3 Å². The molecule has 92 valence electrons. The van der Waals surface area contributed by atoms with E-state index in [2.05, 4.69) is 36.6 Å². The standard InChI is InChI=1S/C9H13BrN6O/c10-7-8(15-11)13-5-14-9(7)16-3-1-2-12-6(17)4-16/h5H,1-4,11H2,(H,12,17)(H,13,14,15). The number of nitrogens with two attached hydrogens (primary N) is 1. The maximum absolute atomic E-state index is 11.5. The summed E-state index contributed by atoms with van der Waals surface area (Å²) in [6, 6.07) is 0. The van der Waals surface area contributed by atoms with Crippen LogP contribution in [0.3, 0.4) is 0 Å². The van der Waals surface area contributed by atoms with Gasteiger partial charge in [0.05, 0.1) is 6.54 Å². The van der Waals surface area contributed by atoms with Gasteiger partial charge in [0.2, 0.25) is 5.91 Å². The maximum atomic E-state index is 11.5. The molecule has 1 aliphatic heterocycles.